The summed E-state index contributed by atoms with van der Waals surface area (Å²) in [5, 5.41) is 2.01. The summed E-state index contributed by atoms with van der Waals surface area (Å²) in [6.45, 7) is 7.08. The predicted molar refractivity (Wildman–Crippen MR) is 125 cm³/mol. The fourth-order valence-electron chi connectivity index (χ4n) is 3.34. The molecule has 7 heteroatoms. The van der Waals surface area contributed by atoms with Crippen LogP contribution in [-0.4, -0.2) is 55.0 Å². The third-order valence-electron chi connectivity index (χ3n) is 5.11. The van der Waals surface area contributed by atoms with Gasteiger partial charge in [-0.15, -0.1) is 11.3 Å². The van der Waals surface area contributed by atoms with Crippen molar-refractivity contribution < 1.29 is 19.1 Å². The maximum absolute atomic E-state index is 13.2. The van der Waals surface area contributed by atoms with Crippen molar-refractivity contribution in [3.8, 4) is 11.5 Å². The minimum absolute atomic E-state index is 0.0163. The fourth-order valence-corrected chi connectivity index (χ4v) is 4.06. The van der Waals surface area contributed by atoms with Gasteiger partial charge in [-0.25, -0.2) is 0 Å². The highest BCUT2D eigenvalue weighted by molar-refractivity contribution is 7.09. The van der Waals surface area contributed by atoms with E-state index < -0.39 is 0 Å². The van der Waals surface area contributed by atoms with E-state index >= 15 is 0 Å². The first-order valence-electron chi connectivity index (χ1n) is 10.7. The van der Waals surface area contributed by atoms with Crippen molar-refractivity contribution >= 4 is 23.2 Å². The Balaban J connectivity index is 2.14. The molecule has 170 valence electrons. The Morgan fingerprint density at radius 3 is 2.39 bits per heavy atom. The Kier molecular flexibility index (Phi) is 9.85. The van der Waals surface area contributed by atoms with Crippen molar-refractivity contribution in [1.29, 1.82) is 0 Å². The highest BCUT2D eigenvalue weighted by Gasteiger charge is 2.23. The third kappa shape index (κ3) is 7.28. The number of hydrogen-bond donors (Lipinski definition) is 0. The second kappa shape index (κ2) is 12.3. The van der Waals surface area contributed by atoms with Crippen LogP contribution in [0.1, 0.15) is 44.1 Å². The number of carbonyl (C=O) groups excluding carboxylic acids is 2. The second-order valence-corrected chi connectivity index (χ2v) is 8.73. The summed E-state index contributed by atoms with van der Waals surface area (Å²) in [6.07, 6.45) is 1.92. The molecule has 0 aliphatic rings. The van der Waals surface area contributed by atoms with Gasteiger partial charge in [0.25, 0.3) is 0 Å². The molecule has 1 aromatic carbocycles. The Morgan fingerprint density at radius 2 is 1.81 bits per heavy atom. The van der Waals surface area contributed by atoms with E-state index in [0.29, 0.717) is 37.4 Å². The number of ether oxygens (including phenoxy) is 2. The van der Waals surface area contributed by atoms with Gasteiger partial charge in [0.1, 0.15) is 0 Å². The summed E-state index contributed by atoms with van der Waals surface area (Å²) < 4.78 is 10.7. The molecule has 2 aromatic rings. The van der Waals surface area contributed by atoms with Crippen LogP contribution >= 0.6 is 11.3 Å². The molecular formula is C24H34N2O4S. The first-order valence-corrected chi connectivity index (χ1v) is 11.6. The van der Waals surface area contributed by atoms with Gasteiger partial charge in [0.15, 0.2) is 11.5 Å². The van der Waals surface area contributed by atoms with Crippen LogP contribution in [0.5, 0.6) is 11.5 Å². The molecule has 6 nitrogen and oxygen atoms in total. The largest absolute Gasteiger partial charge is 0.493 e. The van der Waals surface area contributed by atoms with Crippen LogP contribution in [0.15, 0.2) is 35.7 Å². The molecule has 0 unspecified atom stereocenters. The standard InChI is InChI=1S/C24H34N2O4S/c1-6-8-23(27)26(18(2)3)17-24(28)25(16-20-9-7-14-31-20)13-12-19-10-11-21(29-4)22(15-19)30-5/h7,9-11,14-15,18H,6,8,12-13,16-17H2,1-5H3. The van der Waals surface area contributed by atoms with Crippen LogP contribution in [0.2, 0.25) is 0 Å². The lowest BCUT2D eigenvalue weighted by Crippen LogP contribution is -2.46. The molecule has 0 saturated carbocycles. The van der Waals surface area contributed by atoms with Crippen molar-refractivity contribution in [2.75, 3.05) is 27.3 Å². The smallest absolute Gasteiger partial charge is 0.242 e. The van der Waals surface area contributed by atoms with Gasteiger partial charge in [0.2, 0.25) is 11.8 Å². The lowest BCUT2D eigenvalue weighted by Gasteiger charge is -2.30. The van der Waals surface area contributed by atoms with Crippen LogP contribution in [0, 0.1) is 0 Å². The number of carbonyl (C=O) groups is 2. The molecule has 2 amide bonds. The number of thiophene rings is 1. The van der Waals surface area contributed by atoms with E-state index in [9.17, 15) is 9.59 Å². The summed E-state index contributed by atoms with van der Waals surface area (Å²) >= 11 is 1.63. The lowest BCUT2D eigenvalue weighted by atomic mass is 10.1. The van der Waals surface area contributed by atoms with Crippen LogP contribution in [-0.2, 0) is 22.6 Å². The first kappa shape index (κ1) is 24.7. The van der Waals surface area contributed by atoms with Crippen molar-refractivity contribution in [3.63, 3.8) is 0 Å². The van der Waals surface area contributed by atoms with E-state index in [4.69, 9.17) is 9.47 Å². The molecule has 0 aliphatic carbocycles. The van der Waals surface area contributed by atoms with Crippen molar-refractivity contribution in [1.82, 2.24) is 9.80 Å². The van der Waals surface area contributed by atoms with Gasteiger partial charge in [0.05, 0.1) is 27.3 Å². The van der Waals surface area contributed by atoms with Crippen LogP contribution in [0.3, 0.4) is 0 Å². The summed E-state index contributed by atoms with van der Waals surface area (Å²) in [6, 6.07) is 9.81. The lowest BCUT2D eigenvalue weighted by molar-refractivity contribution is -0.142. The molecule has 2 rings (SSSR count). The predicted octanol–water partition coefficient (Wildman–Crippen LogP) is 4.37. The zero-order valence-electron chi connectivity index (χ0n) is 19.2. The van der Waals surface area contributed by atoms with E-state index in [2.05, 4.69) is 0 Å². The molecule has 0 fully saturated rings. The highest BCUT2D eigenvalue weighted by Crippen LogP contribution is 2.28. The first-order chi connectivity index (χ1) is 14.9. The fraction of sp³-hybridized carbons (Fsp3) is 0.500. The molecule has 1 heterocycles. The summed E-state index contributed by atoms with van der Waals surface area (Å²) in [7, 11) is 3.22. The normalized spacial score (nSPS) is 10.8. The number of amides is 2. The highest BCUT2D eigenvalue weighted by atomic mass is 32.1. The van der Waals surface area contributed by atoms with E-state index in [1.807, 2.05) is 61.4 Å². The zero-order chi connectivity index (χ0) is 22.8. The topological polar surface area (TPSA) is 59.1 Å². The monoisotopic (exact) mass is 446 g/mol. The van der Waals surface area contributed by atoms with Gasteiger partial charge in [-0.3, -0.25) is 9.59 Å². The van der Waals surface area contributed by atoms with Crippen LogP contribution in [0.4, 0.5) is 0 Å². The molecule has 0 aliphatic heterocycles. The number of nitrogens with zero attached hydrogens (tertiary/aromatic N) is 2. The Hall–Kier alpha value is -2.54. The van der Waals surface area contributed by atoms with E-state index in [1.165, 1.54) is 0 Å². The third-order valence-corrected chi connectivity index (χ3v) is 5.97. The Bertz CT molecular complexity index is 836. The quantitative estimate of drug-likeness (QED) is 0.486. The van der Waals surface area contributed by atoms with Gasteiger partial charge >= 0.3 is 0 Å². The average Bonchev–Trinajstić information content (AvgIpc) is 3.27. The van der Waals surface area contributed by atoms with E-state index in [0.717, 1.165) is 16.9 Å². The molecule has 0 bridgehead atoms. The number of hydrogen-bond acceptors (Lipinski definition) is 5. The molecule has 1 aromatic heterocycles. The molecule has 0 saturated heterocycles. The summed E-state index contributed by atoms with van der Waals surface area (Å²) in [5.41, 5.74) is 1.06. The van der Waals surface area contributed by atoms with Crippen molar-refractivity contribution in [2.45, 2.75) is 52.6 Å². The molecule has 0 spiro atoms. The summed E-state index contributed by atoms with van der Waals surface area (Å²) in [5.74, 6) is 1.35. The SMILES string of the molecule is CCCC(=O)N(CC(=O)N(CCc1ccc(OC)c(OC)c1)Cc1cccs1)C(C)C. The molecular weight excluding hydrogens is 412 g/mol. The Morgan fingerprint density at radius 1 is 1.06 bits per heavy atom. The number of methoxy groups -OCH3 is 2. The molecule has 0 N–H and O–H groups in total. The second-order valence-electron chi connectivity index (χ2n) is 7.70. The zero-order valence-corrected chi connectivity index (χ0v) is 20.0. The van der Waals surface area contributed by atoms with Gasteiger partial charge in [-0.05, 0) is 55.8 Å². The minimum atomic E-state index is -0.0352. The van der Waals surface area contributed by atoms with E-state index in [-0.39, 0.29) is 24.4 Å². The van der Waals surface area contributed by atoms with E-state index in [1.54, 1.807) is 30.5 Å². The maximum atomic E-state index is 13.2. The molecule has 0 radical (unpaired) electrons. The van der Waals surface area contributed by atoms with Crippen molar-refractivity contribution in [2.24, 2.45) is 0 Å². The van der Waals surface area contributed by atoms with Crippen LogP contribution < -0.4 is 9.47 Å². The maximum Gasteiger partial charge on any atom is 0.242 e. The van der Waals surface area contributed by atoms with Gasteiger partial charge < -0.3 is 19.3 Å². The summed E-state index contributed by atoms with van der Waals surface area (Å²) in [4.78, 5) is 30.4. The Labute approximate surface area is 189 Å². The average molecular weight is 447 g/mol. The number of rotatable bonds is 12. The van der Waals surface area contributed by atoms with Crippen molar-refractivity contribution in [3.05, 3.63) is 46.2 Å². The number of benzene rings is 1. The van der Waals surface area contributed by atoms with Gasteiger partial charge in [0, 0.05) is 23.9 Å². The van der Waals surface area contributed by atoms with Gasteiger partial charge in [-0.2, -0.15) is 0 Å². The molecule has 0 atom stereocenters. The van der Waals surface area contributed by atoms with Crippen LogP contribution in [0.25, 0.3) is 0 Å². The minimum Gasteiger partial charge on any atom is -0.493 e. The van der Waals surface area contributed by atoms with Gasteiger partial charge in [-0.1, -0.05) is 19.1 Å². The molecule has 31 heavy (non-hydrogen) atoms.